The Morgan fingerprint density at radius 2 is 2.00 bits per heavy atom. The molecule has 2 aliphatic rings. The van der Waals surface area contributed by atoms with Gasteiger partial charge in [-0.3, -0.25) is 9.78 Å². The fraction of sp³-hybridized carbons (Fsp3) is 0. The number of aromatic nitrogens is 1. The third-order valence-corrected chi connectivity index (χ3v) is 1.81. The van der Waals surface area contributed by atoms with Gasteiger partial charge in [-0.25, -0.2) is 9.18 Å². The van der Waals surface area contributed by atoms with Crippen LogP contribution in [0.3, 0.4) is 0 Å². The third kappa shape index (κ3) is 2.19. The van der Waals surface area contributed by atoms with Crippen LogP contribution in [0.15, 0.2) is 44.5 Å². The largest absolute Gasteiger partial charge is 0.418 e. The minimum absolute atomic E-state index is 0.0741. The van der Waals surface area contributed by atoms with Crippen LogP contribution in [-0.2, 0) is 0 Å². The maximum absolute atomic E-state index is 12.1. The molecular formula is C10H6FNO3. The Labute approximate surface area is 83.0 Å². The van der Waals surface area contributed by atoms with Gasteiger partial charge < -0.3 is 4.42 Å². The third-order valence-electron chi connectivity index (χ3n) is 1.81. The van der Waals surface area contributed by atoms with Gasteiger partial charge in [0.05, 0.1) is 0 Å². The zero-order valence-corrected chi connectivity index (χ0v) is 7.49. The molecule has 0 radical (unpaired) electrons. The lowest BCUT2D eigenvalue weighted by molar-refractivity contribution is 0.479. The Kier molecular flexibility index (Phi) is 2.21. The smallest absolute Gasteiger partial charge is 0.418 e. The standard InChI is InChI=1S/C6H3F.C4H3NO3/c7-6-2-1-4-3-5(4)6;6-3-1-2-8-4(7)5-3/h1-3H;1-2H,(H,5,6,7). The SMILES string of the molecule is Fc1ccc2cc1-2.O=c1ccoc(=O)[nH]1. The van der Waals surface area contributed by atoms with Gasteiger partial charge in [-0.05, 0) is 17.7 Å². The van der Waals surface area contributed by atoms with Crippen molar-refractivity contribution in [2.45, 2.75) is 0 Å². The molecule has 15 heavy (non-hydrogen) atoms. The summed E-state index contributed by atoms with van der Waals surface area (Å²) in [6, 6.07) is 6.23. The maximum atomic E-state index is 12.1. The Hall–Kier alpha value is -2.17. The molecule has 0 spiro atoms. The summed E-state index contributed by atoms with van der Waals surface area (Å²) in [4.78, 5) is 22.1. The minimum Gasteiger partial charge on any atom is -0.418 e. The summed E-state index contributed by atoms with van der Waals surface area (Å²) in [7, 11) is 0. The van der Waals surface area contributed by atoms with E-state index in [4.69, 9.17) is 0 Å². The van der Waals surface area contributed by atoms with Gasteiger partial charge in [-0.1, -0.05) is 6.07 Å². The van der Waals surface area contributed by atoms with E-state index < -0.39 is 11.3 Å². The van der Waals surface area contributed by atoms with Crippen LogP contribution < -0.4 is 11.3 Å². The Morgan fingerprint density at radius 3 is 2.27 bits per heavy atom. The van der Waals surface area contributed by atoms with Gasteiger partial charge in [0.2, 0.25) is 0 Å². The Bertz CT molecular complexity index is 575. The van der Waals surface area contributed by atoms with E-state index in [-0.39, 0.29) is 5.82 Å². The molecule has 0 bridgehead atoms. The lowest BCUT2D eigenvalue weighted by Gasteiger charge is -1.74. The van der Waals surface area contributed by atoms with Crippen LogP contribution in [0.2, 0.25) is 0 Å². The van der Waals surface area contributed by atoms with E-state index in [9.17, 15) is 14.0 Å². The molecule has 1 aromatic heterocycles. The van der Waals surface area contributed by atoms with Crippen molar-refractivity contribution < 1.29 is 8.81 Å². The van der Waals surface area contributed by atoms with E-state index in [1.165, 1.54) is 6.07 Å². The van der Waals surface area contributed by atoms with E-state index in [0.29, 0.717) is 0 Å². The number of halogens is 1. The number of aromatic amines is 1. The van der Waals surface area contributed by atoms with Crippen molar-refractivity contribution in [3.8, 4) is 11.1 Å². The fourth-order valence-corrected chi connectivity index (χ4v) is 1.05. The molecule has 1 heterocycles. The lowest BCUT2D eigenvalue weighted by Crippen LogP contribution is -2.15. The summed E-state index contributed by atoms with van der Waals surface area (Å²) in [6.07, 6.45) is 1.04. The molecule has 0 aliphatic heterocycles. The van der Waals surface area contributed by atoms with Crippen molar-refractivity contribution in [1.29, 1.82) is 0 Å². The number of nitrogens with one attached hydrogen (secondary N) is 1. The van der Waals surface area contributed by atoms with Crippen LogP contribution in [0.1, 0.15) is 0 Å². The molecule has 76 valence electrons. The highest BCUT2D eigenvalue weighted by Gasteiger charge is 2.15. The number of rotatable bonds is 0. The van der Waals surface area contributed by atoms with E-state index in [2.05, 4.69) is 4.42 Å². The van der Waals surface area contributed by atoms with Crippen molar-refractivity contribution in [2.75, 3.05) is 0 Å². The van der Waals surface area contributed by atoms with Crippen molar-refractivity contribution in [2.24, 2.45) is 0 Å². The van der Waals surface area contributed by atoms with Crippen LogP contribution >= 0.6 is 0 Å². The average Bonchev–Trinajstić information content (AvgIpc) is 2.87. The molecular weight excluding hydrogens is 201 g/mol. The van der Waals surface area contributed by atoms with Gasteiger partial charge in [0.1, 0.15) is 12.1 Å². The molecule has 1 aromatic rings. The first-order chi connectivity index (χ1) is 7.16. The molecule has 2 aliphatic carbocycles. The highest BCUT2D eigenvalue weighted by Crippen LogP contribution is 2.36. The first kappa shape index (κ1) is 9.39. The highest BCUT2D eigenvalue weighted by atomic mass is 19.1. The predicted molar refractivity (Wildman–Crippen MR) is 51.0 cm³/mol. The summed E-state index contributed by atoms with van der Waals surface area (Å²) >= 11 is 0. The number of benzene rings is 1. The minimum atomic E-state index is -0.725. The number of fused-ring (bicyclic) bond motifs is 1. The second-order valence-electron chi connectivity index (χ2n) is 2.89. The van der Waals surface area contributed by atoms with E-state index in [1.807, 2.05) is 11.1 Å². The zero-order valence-electron chi connectivity index (χ0n) is 7.49. The van der Waals surface area contributed by atoms with Gasteiger partial charge in [0.15, 0.2) is 0 Å². The number of hydrogen-bond acceptors (Lipinski definition) is 3. The summed E-state index contributed by atoms with van der Waals surface area (Å²) in [6.45, 7) is 0. The molecule has 0 unspecified atom stereocenters. The molecule has 0 saturated carbocycles. The van der Waals surface area contributed by atoms with Gasteiger partial charge in [-0.2, -0.15) is 0 Å². The summed E-state index contributed by atoms with van der Waals surface area (Å²) in [5, 5.41) is 0. The van der Waals surface area contributed by atoms with Crippen LogP contribution in [0.25, 0.3) is 11.1 Å². The van der Waals surface area contributed by atoms with Crippen molar-refractivity contribution in [3.63, 3.8) is 0 Å². The molecule has 4 nitrogen and oxygen atoms in total. The Morgan fingerprint density at radius 1 is 1.20 bits per heavy atom. The normalized spacial score (nSPS) is 10.2. The van der Waals surface area contributed by atoms with Gasteiger partial charge in [0.25, 0.3) is 5.56 Å². The molecule has 0 fully saturated rings. The van der Waals surface area contributed by atoms with E-state index in [1.54, 1.807) is 6.07 Å². The second kappa shape index (κ2) is 3.53. The quantitative estimate of drug-likeness (QED) is 0.601. The van der Waals surface area contributed by atoms with Crippen molar-refractivity contribution in [1.82, 2.24) is 4.98 Å². The summed E-state index contributed by atoms with van der Waals surface area (Å²) in [5.41, 5.74) is 1.43. The van der Waals surface area contributed by atoms with E-state index >= 15 is 0 Å². The average molecular weight is 207 g/mol. The van der Waals surface area contributed by atoms with Crippen LogP contribution in [0.4, 0.5) is 4.39 Å². The molecule has 0 atom stereocenters. The van der Waals surface area contributed by atoms with Gasteiger partial charge in [-0.15, -0.1) is 0 Å². The first-order valence-corrected chi connectivity index (χ1v) is 4.15. The Balaban J connectivity index is 0.000000114. The topological polar surface area (TPSA) is 63.1 Å². The van der Waals surface area contributed by atoms with Gasteiger partial charge in [0, 0.05) is 11.6 Å². The molecule has 0 amide bonds. The molecule has 1 N–H and O–H groups in total. The predicted octanol–water partition coefficient (Wildman–Crippen LogP) is 1.13. The second-order valence-corrected chi connectivity index (χ2v) is 2.89. The van der Waals surface area contributed by atoms with Gasteiger partial charge >= 0.3 is 5.76 Å². The summed E-state index contributed by atoms with van der Waals surface area (Å²) < 4.78 is 16.3. The van der Waals surface area contributed by atoms with Crippen LogP contribution in [0.5, 0.6) is 0 Å². The maximum Gasteiger partial charge on any atom is 0.418 e. The molecule has 5 heteroatoms. The molecule has 3 rings (SSSR count). The zero-order chi connectivity index (χ0) is 10.8. The van der Waals surface area contributed by atoms with Crippen molar-refractivity contribution >= 4 is 0 Å². The van der Waals surface area contributed by atoms with E-state index in [0.717, 1.165) is 23.5 Å². The summed E-state index contributed by atoms with van der Waals surface area (Å²) in [5.74, 6) is -0.799. The lowest BCUT2D eigenvalue weighted by atomic mass is 10.5. The monoisotopic (exact) mass is 207 g/mol. The number of hydrogen-bond donors (Lipinski definition) is 1. The fourth-order valence-electron chi connectivity index (χ4n) is 1.05. The van der Waals surface area contributed by atoms with Crippen LogP contribution in [0, 0.1) is 5.82 Å². The number of H-pyrrole nitrogens is 1. The van der Waals surface area contributed by atoms with Crippen LogP contribution in [-0.4, -0.2) is 4.98 Å². The van der Waals surface area contributed by atoms with Crippen molar-refractivity contribution in [3.05, 3.63) is 57.3 Å². The molecule has 0 saturated heterocycles. The first-order valence-electron chi connectivity index (χ1n) is 4.15. The molecule has 0 aromatic carbocycles. The highest BCUT2D eigenvalue weighted by molar-refractivity contribution is 5.81.